The van der Waals surface area contributed by atoms with Gasteiger partial charge in [0.2, 0.25) is 0 Å². The van der Waals surface area contributed by atoms with Crippen LogP contribution in [0.5, 0.6) is 0 Å². The average molecular weight is 274 g/mol. The second-order valence-corrected chi connectivity index (χ2v) is 4.78. The standard InChI is InChI=1S/C17H22O3/c1-15(19)20-13-6-5-10-17(14-18)12-7-11-16-8-3-2-4-9-16/h2-6,8-9,14,17H,7,10-13H2,1H3/b6-5+/t17-/m1/s1. The van der Waals surface area contributed by atoms with E-state index < -0.39 is 0 Å². The summed E-state index contributed by atoms with van der Waals surface area (Å²) < 4.78 is 4.78. The van der Waals surface area contributed by atoms with Gasteiger partial charge in [0.25, 0.3) is 0 Å². The molecule has 1 aromatic rings. The number of hydrogen-bond donors (Lipinski definition) is 0. The molecular formula is C17H22O3. The van der Waals surface area contributed by atoms with Gasteiger partial charge in [-0.1, -0.05) is 42.5 Å². The van der Waals surface area contributed by atoms with Gasteiger partial charge in [0, 0.05) is 12.8 Å². The number of aldehydes is 1. The first-order valence-electron chi connectivity index (χ1n) is 7.00. The van der Waals surface area contributed by atoms with Crippen molar-refractivity contribution in [2.75, 3.05) is 6.61 Å². The van der Waals surface area contributed by atoms with Crippen LogP contribution in [-0.2, 0) is 20.7 Å². The van der Waals surface area contributed by atoms with E-state index in [-0.39, 0.29) is 18.5 Å². The van der Waals surface area contributed by atoms with Gasteiger partial charge in [-0.05, 0) is 31.2 Å². The van der Waals surface area contributed by atoms with Crippen molar-refractivity contribution in [3.8, 4) is 0 Å². The van der Waals surface area contributed by atoms with Crippen LogP contribution in [0.3, 0.4) is 0 Å². The quantitative estimate of drug-likeness (QED) is 0.394. The van der Waals surface area contributed by atoms with E-state index in [4.69, 9.17) is 4.74 Å². The number of benzene rings is 1. The normalized spacial score (nSPS) is 12.2. The second-order valence-electron chi connectivity index (χ2n) is 4.78. The second kappa shape index (κ2) is 9.96. The van der Waals surface area contributed by atoms with E-state index in [0.29, 0.717) is 6.42 Å². The fourth-order valence-corrected chi connectivity index (χ4v) is 1.96. The van der Waals surface area contributed by atoms with Crippen LogP contribution in [0.15, 0.2) is 42.5 Å². The van der Waals surface area contributed by atoms with Crippen molar-refractivity contribution in [3.63, 3.8) is 0 Å². The SMILES string of the molecule is CC(=O)OC/C=C/C[C@@H](C=O)CCCc1ccccc1. The zero-order valence-electron chi connectivity index (χ0n) is 12.0. The van der Waals surface area contributed by atoms with E-state index >= 15 is 0 Å². The summed E-state index contributed by atoms with van der Waals surface area (Å²) in [5.74, 6) is -0.239. The predicted molar refractivity (Wildman–Crippen MR) is 79.3 cm³/mol. The molecule has 1 atom stereocenters. The van der Waals surface area contributed by atoms with Crippen molar-refractivity contribution in [2.24, 2.45) is 5.92 Å². The molecule has 0 saturated heterocycles. The Morgan fingerprint density at radius 1 is 1.25 bits per heavy atom. The number of allylic oxidation sites excluding steroid dienone is 1. The van der Waals surface area contributed by atoms with Crippen molar-refractivity contribution in [2.45, 2.75) is 32.6 Å². The predicted octanol–water partition coefficient (Wildman–Crippen LogP) is 3.33. The number of ether oxygens (including phenoxy) is 1. The van der Waals surface area contributed by atoms with Crippen LogP contribution in [-0.4, -0.2) is 18.9 Å². The van der Waals surface area contributed by atoms with Gasteiger partial charge in [-0.3, -0.25) is 4.79 Å². The Labute approximate surface area is 120 Å². The molecule has 0 radical (unpaired) electrons. The lowest BCUT2D eigenvalue weighted by atomic mass is 9.98. The van der Waals surface area contributed by atoms with E-state index in [0.717, 1.165) is 25.5 Å². The van der Waals surface area contributed by atoms with Gasteiger partial charge >= 0.3 is 5.97 Å². The summed E-state index contributed by atoms with van der Waals surface area (Å²) in [5, 5.41) is 0. The summed E-state index contributed by atoms with van der Waals surface area (Å²) in [7, 11) is 0. The Hall–Kier alpha value is -1.90. The molecule has 0 saturated carbocycles. The minimum Gasteiger partial charge on any atom is -0.462 e. The number of rotatable bonds is 9. The van der Waals surface area contributed by atoms with Crippen molar-refractivity contribution >= 4 is 12.3 Å². The molecule has 108 valence electrons. The number of hydrogen-bond acceptors (Lipinski definition) is 3. The Morgan fingerprint density at radius 3 is 2.65 bits per heavy atom. The highest BCUT2D eigenvalue weighted by Crippen LogP contribution is 2.12. The third kappa shape index (κ3) is 7.52. The number of carbonyl (C=O) groups excluding carboxylic acids is 2. The summed E-state index contributed by atoms with van der Waals surface area (Å²) in [6, 6.07) is 10.3. The van der Waals surface area contributed by atoms with Crippen molar-refractivity contribution in [1.82, 2.24) is 0 Å². The lowest BCUT2D eigenvalue weighted by Crippen LogP contribution is -2.02. The highest BCUT2D eigenvalue weighted by atomic mass is 16.5. The molecule has 0 N–H and O–H groups in total. The van der Waals surface area contributed by atoms with E-state index in [1.54, 1.807) is 6.08 Å². The fourth-order valence-electron chi connectivity index (χ4n) is 1.96. The largest absolute Gasteiger partial charge is 0.462 e. The van der Waals surface area contributed by atoms with Gasteiger partial charge in [0.1, 0.15) is 12.9 Å². The van der Waals surface area contributed by atoms with Crippen LogP contribution in [0.1, 0.15) is 31.7 Å². The maximum Gasteiger partial charge on any atom is 0.302 e. The highest BCUT2D eigenvalue weighted by Gasteiger charge is 2.05. The Bertz CT molecular complexity index is 423. The zero-order valence-corrected chi connectivity index (χ0v) is 12.0. The zero-order chi connectivity index (χ0) is 14.6. The number of carbonyl (C=O) groups is 2. The summed E-state index contributed by atoms with van der Waals surface area (Å²) in [6.07, 6.45) is 8.31. The van der Waals surface area contributed by atoms with E-state index in [2.05, 4.69) is 12.1 Å². The molecule has 0 bridgehead atoms. The molecule has 0 heterocycles. The van der Waals surface area contributed by atoms with Gasteiger partial charge in [0.15, 0.2) is 0 Å². The first-order chi connectivity index (χ1) is 9.72. The monoisotopic (exact) mass is 274 g/mol. The molecule has 3 heteroatoms. The van der Waals surface area contributed by atoms with E-state index in [1.807, 2.05) is 24.3 Å². The molecule has 1 aromatic carbocycles. The van der Waals surface area contributed by atoms with Gasteiger partial charge < -0.3 is 9.53 Å². The molecule has 0 unspecified atom stereocenters. The van der Waals surface area contributed by atoms with Gasteiger partial charge in [-0.15, -0.1) is 0 Å². The topological polar surface area (TPSA) is 43.4 Å². The Morgan fingerprint density at radius 2 is 2.00 bits per heavy atom. The summed E-state index contributed by atoms with van der Waals surface area (Å²) in [4.78, 5) is 21.6. The lowest BCUT2D eigenvalue weighted by Gasteiger charge is -2.07. The minimum absolute atomic E-state index is 0.0484. The third-order valence-electron chi connectivity index (χ3n) is 3.06. The molecular weight excluding hydrogens is 252 g/mol. The molecule has 0 aliphatic heterocycles. The molecule has 0 aliphatic carbocycles. The first kappa shape index (κ1) is 16.2. The number of aryl methyl sites for hydroxylation is 1. The van der Waals surface area contributed by atoms with E-state index in [1.165, 1.54) is 12.5 Å². The summed E-state index contributed by atoms with van der Waals surface area (Å²) in [5.41, 5.74) is 1.31. The maximum atomic E-state index is 11.0. The van der Waals surface area contributed by atoms with E-state index in [9.17, 15) is 9.59 Å². The van der Waals surface area contributed by atoms with Crippen LogP contribution in [0.25, 0.3) is 0 Å². The van der Waals surface area contributed by atoms with Crippen LogP contribution < -0.4 is 0 Å². The molecule has 1 rings (SSSR count). The fraction of sp³-hybridized carbons (Fsp3) is 0.412. The Kier molecular flexibility index (Phi) is 8.04. The molecule has 0 spiro atoms. The molecule has 20 heavy (non-hydrogen) atoms. The van der Waals surface area contributed by atoms with Crippen molar-refractivity contribution in [1.29, 1.82) is 0 Å². The first-order valence-corrected chi connectivity index (χ1v) is 7.00. The van der Waals surface area contributed by atoms with Gasteiger partial charge in [-0.2, -0.15) is 0 Å². The van der Waals surface area contributed by atoms with Gasteiger partial charge in [0.05, 0.1) is 0 Å². The third-order valence-corrected chi connectivity index (χ3v) is 3.06. The molecule has 0 amide bonds. The van der Waals surface area contributed by atoms with Gasteiger partial charge in [-0.25, -0.2) is 0 Å². The molecule has 0 aromatic heterocycles. The molecule has 3 nitrogen and oxygen atoms in total. The minimum atomic E-state index is -0.288. The Balaban J connectivity index is 2.19. The van der Waals surface area contributed by atoms with Crippen LogP contribution in [0.2, 0.25) is 0 Å². The smallest absolute Gasteiger partial charge is 0.302 e. The molecule has 0 fully saturated rings. The summed E-state index contributed by atoms with van der Waals surface area (Å²) in [6.45, 7) is 1.66. The maximum absolute atomic E-state index is 11.0. The molecule has 0 aliphatic rings. The van der Waals surface area contributed by atoms with Crippen molar-refractivity contribution in [3.05, 3.63) is 48.0 Å². The average Bonchev–Trinajstić information content (AvgIpc) is 2.46. The number of esters is 1. The van der Waals surface area contributed by atoms with Crippen molar-refractivity contribution < 1.29 is 14.3 Å². The van der Waals surface area contributed by atoms with Crippen LogP contribution in [0, 0.1) is 5.92 Å². The highest BCUT2D eigenvalue weighted by molar-refractivity contribution is 5.66. The van der Waals surface area contributed by atoms with Crippen LogP contribution in [0.4, 0.5) is 0 Å². The lowest BCUT2D eigenvalue weighted by molar-refractivity contribution is -0.139. The summed E-state index contributed by atoms with van der Waals surface area (Å²) >= 11 is 0. The van der Waals surface area contributed by atoms with Crippen LogP contribution >= 0.6 is 0 Å².